The van der Waals surface area contributed by atoms with E-state index < -0.39 is 0 Å². The number of aryl methyl sites for hydroxylation is 4. The van der Waals surface area contributed by atoms with Gasteiger partial charge in [-0.15, -0.1) is 0 Å². The largest absolute Gasteiger partial charge is 0.208 e. The second-order valence-corrected chi connectivity index (χ2v) is 11.4. The summed E-state index contributed by atoms with van der Waals surface area (Å²) in [6.07, 6.45) is 0. The molecule has 1 aromatic heterocycles. The Morgan fingerprint density at radius 3 is 1.11 bits per heavy atom. The first kappa shape index (κ1) is 25.5. The van der Waals surface area contributed by atoms with Crippen molar-refractivity contribution in [3.63, 3.8) is 0 Å². The number of aromatic nitrogens is 3. The van der Waals surface area contributed by atoms with Crippen LogP contribution in [0, 0.1) is 27.7 Å². The lowest BCUT2D eigenvalue weighted by Gasteiger charge is -2.22. The standard InChI is InChI=1S/C35H35N3/c1-22-8-12-27(13-9-22)32-36-33(28-14-10-23(2)11-15-28)38-34(37-32)29-18-16-26(17-19-29)31-24(3)20-30(21-25(31)4)35(5,6)7/h8-21H,1-7H3. The summed E-state index contributed by atoms with van der Waals surface area (Å²) >= 11 is 0. The highest BCUT2D eigenvalue weighted by atomic mass is 15.0. The molecular formula is C35H35N3. The molecule has 0 aliphatic rings. The molecule has 0 N–H and O–H groups in total. The van der Waals surface area contributed by atoms with Gasteiger partial charge < -0.3 is 0 Å². The molecule has 0 aliphatic heterocycles. The molecule has 0 radical (unpaired) electrons. The molecule has 0 saturated heterocycles. The third-order valence-corrected chi connectivity index (χ3v) is 7.09. The SMILES string of the molecule is Cc1ccc(-c2nc(-c3ccc(C)cc3)nc(-c3ccc(-c4c(C)cc(C(C)(C)C)cc4C)cc3)n2)cc1. The topological polar surface area (TPSA) is 38.7 Å². The molecular weight excluding hydrogens is 462 g/mol. The maximum atomic E-state index is 4.90. The smallest absolute Gasteiger partial charge is 0.164 e. The van der Waals surface area contributed by atoms with Crippen molar-refractivity contribution in [1.82, 2.24) is 15.0 Å². The van der Waals surface area contributed by atoms with E-state index >= 15 is 0 Å². The third-order valence-electron chi connectivity index (χ3n) is 7.09. The fraction of sp³-hybridized carbons (Fsp3) is 0.229. The molecule has 0 fully saturated rings. The van der Waals surface area contributed by atoms with Crippen molar-refractivity contribution in [2.45, 2.75) is 53.9 Å². The van der Waals surface area contributed by atoms with Gasteiger partial charge in [0.25, 0.3) is 0 Å². The summed E-state index contributed by atoms with van der Waals surface area (Å²) in [5.41, 5.74) is 11.9. The van der Waals surface area contributed by atoms with E-state index in [1.807, 2.05) is 0 Å². The Kier molecular flexibility index (Phi) is 6.71. The Morgan fingerprint density at radius 2 is 0.763 bits per heavy atom. The summed E-state index contributed by atoms with van der Waals surface area (Å²) in [6.45, 7) is 15.4. The molecule has 1 heterocycles. The van der Waals surface area contributed by atoms with Crippen molar-refractivity contribution in [1.29, 1.82) is 0 Å². The minimum atomic E-state index is 0.126. The van der Waals surface area contributed by atoms with Crippen LogP contribution in [-0.2, 0) is 5.41 Å². The minimum absolute atomic E-state index is 0.126. The number of rotatable bonds is 4. The van der Waals surface area contributed by atoms with Gasteiger partial charge >= 0.3 is 0 Å². The van der Waals surface area contributed by atoms with E-state index in [1.54, 1.807) is 0 Å². The van der Waals surface area contributed by atoms with Crippen molar-refractivity contribution in [3.8, 4) is 45.3 Å². The fourth-order valence-electron chi connectivity index (χ4n) is 4.81. The summed E-state index contributed by atoms with van der Waals surface area (Å²) in [4.78, 5) is 14.7. The van der Waals surface area contributed by atoms with E-state index in [4.69, 9.17) is 15.0 Å². The zero-order chi connectivity index (χ0) is 27.0. The predicted molar refractivity (Wildman–Crippen MR) is 159 cm³/mol. The lowest BCUT2D eigenvalue weighted by atomic mass is 9.82. The number of hydrogen-bond acceptors (Lipinski definition) is 3. The summed E-state index contributed by atoms with van der Waals surface area (Å²) in [5.74, 6) is 2.03. The van der Waals surface area contributed by atoms with Crippen LogP contribution in [0.1, 0.15) is 48.6 Å². The molecule has 0 amide bonds. The van der Waals surface area contributed by atoms with Crippen molar-refractivity contribution in [3.05, 3.63) is 113 Å². The van der Waals surface area contributed by atoms with E-state index in [0.29, 0.717) is 17.5 Å². The van der Waals surface area contributed by atoms with E-state index in [2.05, 4.69) is 133 Å². The van der Waals surface area contributed by atoms with Crippen LogP contribution in [0.3, 0.4) is 0 Å². The molecule has 0 saturated carbocycles. The van der Waals surface area contributed by atoms with E-state index in [1.165, 1.54) is 38.9 Å². The lowest BCUT2D eigenvalue weighted by Crippen LogP contribution is -2.12. The van der Waals surface area contributed by atoms with Gasteiger partial charge in [0.1, 0.15) is 0 Å². The molecule has 3 nitrogen and oxygen atoms in total. The monoisotopic (exact) mass is 497 g/mol. The summed E-state index contributed by atoms with van der Waals surface area (Å²) in [7, 11) is 0. The normalized spacial score (nSPS) is 11.6. The molecule has 38 heavy (non-hydrogen) atoms. The van der Waals surface area contributed by atoms with Crippen molar-refractivity contribution in [2.75, 3.05) is 0 Å². The number of benzene rings is 4. The number of nitrogens with zero attached hydrogens (tertiary/aromatic N) is 3. The molecule has 5 aromatic rings. The maximum absolute atomic E-state index is 4.90. The molecule has 0 bridgehead atoms. The predicted octanol–water partition coefficient (Wildman–Crippen LogP) is 9.07. The van der Waals surface area contributed by atoms with Gasteiger partial charge in [0.2, 0.25) is 0 Å². The van der Waals surface area contributed by atoms with Crippen LogP contribution in [0.15, 0.2) is 84.9 Å². The van der Waals surface area contributed by atoms with E-state index in [-0.39, 0.29) is 5.41 Å². The van der Waals surface area contributed by atoms with Gasteiger partial charge in [0.15, 0.2) is 17.5 Å². The molecule has 5 rings (SSSR count). The fourth-order valence-corrected chi connectivity index (χ4v) is 4.81. The quantitative estimate of drug-likeness (QED) is 0.248. The van der Waals surface area contributed by atoms with Gasteiger partial charge in [0.05, 0.1) is 0 Å². The first-order valence-electron chi connectivity index (χ1n) is 13.2. The van der Waals surface area contributed by atoms with Gasteiger partial charge in [-0.1, -0.05) is 117 Å². The first-order chi connectivity index (χ1) is 18.1. The van der Waals surface area contributed by atoms with Gasteiger partial charge in [-0.2, -0.15) is 0 Å². The van der Waals surface area contributed by atoms with Gasteiger partial charge in [-0.3, -0.25) is 0 Å². The Balaban J connectivity index is 1.58. The zero-order valence-electron chi connectivity index (χ0n) is 23.4. The summed E-state index contributed by atoms with van der Waals surface area (Å²) in [5, 5.41) is 0. The van der Waals surface area contributed by atoms with Crippen LogP contribution in [0.4, 0.5) is 0 Å². The van der Waals surface area contributed by atoms with Crippen LogP contribution in [-0.4, -0.2) is 15.0 Å². The van der Waals surface area contributed by atoms with E-state index in [9.17, 15) is 0 Å². The van der Waals surface area contributed by atoms with Crippen molar-refractivity contribution < 1.29 is 0 Å². The highest BCUT2D eigenvalue weighted by molar-refractivity contribution is 5.74. The third kappa shape index (κ3) is 5.28. The molecule has 0 aliphatic carbocycles. The number of hydrogen-bond donors (Lipinski definition) is 0. The van der Waals surface area contributed by atoms with Gasteiger partial charge in [0, 0.05) is 16.7 Å². The van der Waals surface area contributed by atoms with E-state index in [0.717, 1.165) is 16.7 Å². The maximum Gasteiger partial charge on any atom is 0.164 e. The van der Waals surface area contributed by atoms with Crippen molar-refractivity contribution >= 4 is 0 Å². The Bertz CT molecular complexity index is 1500. The molecule has 3 heteroatoms. The zero-order valence-corrected chi connectivity index (χ0v) is 23.4. The molecule has 0 unspecified atom stereocenters. The van der Waals surface area contributed by atoms with Gasteiger partial charge in [-0.05, 0) is 60.9 Å². The molecule has 0 atom stereocenters. The summed E-state index contributed by atoms with van der Waals surface area (Å²) in [6, 6.07) is 29.9. The van der Waals surface area contributed by atoms with Gasteiger partial charge in [-0.25, -0.2) is 15.0 Å². The Labute approximate surface area is 226 Å². The Morgan fingerprint density at radius 1 is 0.447 bits per heavy atom. The highest BCUT2D eigenvalue weighted by Crippen LogP contribution is 2.34. The summed E-state index contributed by atoms with van der Waals surface area (Å²) < 4.78 is 0. The second-order valence-electron chi connectivity index (χ2n) is 11.4. The second kappa shape index (κ2) is 9.98. The Hall–Kier alpha value is -4.11. The van der Waals surface area contributed by atoms with Crippen LogP contribution < -0.4 is 0 Å². The average Bonchev–Trinajstić information content (AvgIpc) is 2.89. The van der Waals surface area contributed by atoms with Crippen LogP contribution in [0.5, 0.6) is 0 Å². The molecule has 0 spiro atoms. The first-order valence-corrected chi connectivity index (χ1v) is 13.2. The van der Waals surface area contributed by atoms with Crippen molar-refractivity contribution in [2.24, 2.45) is 0 Å². The lowest BCUT2D eigenvalue weighted by molar-refractivity contribution is 0.589. The van der Waals surface area contributed by atoms with Crippen LogP contribution in [0.25, 0.3) is 45.3 Å². The average molecular weight is 498 g/mol. The van der Waals surface area contributed by atoms with Crippen LogP contribution in [0.2, 0.25) is 0 Å². The highest BCUT2D eigenvalue weighted by Gasteiger charge is 2.17. The minimum Gasteiger partial charge on any atom is -0.208 e. The molecule has 190 valence electrons. The molecule has 4 aromatic carbocycles. The van der Waals surface area contributed by atoms with Crippen LogP contribution >= 0.6 is 0 Å².